The van der Waals surface area contributed by atoms with Crippen molar-refractivity contribution in [2.24, 2.45) is 16.2 Å². The van der Waals surface area contributed by atoms with Crippen LogP contribution in [0.3, 0.4) is 0 Å². The van der Waals surface area contributed by atoms with Crippen LogP contribution in [-0.4, -0.2) is 13.1 Å². The highest BCUT2D eigenvalue weighted by atomic mass is 16.3. The number of furan rings is 2. The fraction of sp³-hybridized carbons (Fsp3) is 0.600. The van der Waals surface area contributed by atoms with E-state index in [4.69, 9.17) is 8.83 Å². The Morgan fingerprint density at radius 3 is 1.79 bits per heavy atom. The van der Waals surface area contributed by atoms with Crippen molar-refractivity contribution >= 4 is 5.69 Å². The van der Waals surface area contributed by atoms with E-state index in [0.29, 0.717) is 16.2 Å². The maximum atomic E-state index is 5.46. The number of benzene rings is 1. The first-order valence-electron chi connectivity index (χ1n) is 14.4. The van der Waals surface area contributed by atoms with Gasteiger partial charge in [-0.2, -0.15) is 0 Å². The first-order chi connectivity index (χ1) is 17.5. The Labute approximate surface area is 235 Å². The van der Waals surface area contributed by atoms with Crippen molar-refractivity contribution in [1.82, 2.24) is 0 Å². The number of hydrogen-bond donors (Lipinski definition) is 0. The molecular formula is C35H57NO2. The van der Waals surface area contributed by atoms with Crippen LogP contribution in [0.5, 0.6) is 0 Å². The van der Waals surface area contributed by atoms with Crippen LogP contribution in [0.1, 0.15) is 105 Å². The lowest BCUT2D eigenvalue weighted by atomic mass is 9.90. The summed E-state index contributed by atoms with van der Waals surface area (Å²) < 4.78 is 10.7. The summed E-state index contributed by atoms with van der Waals surface area (Å²) in [6, 6.07) is 16.8. The van der Waals surface area contributed by atoms with Gasteiger partial charge in [-0.3, -0.25) is 0 Å². The van der Waals surface area contributed by atoms with Crippen molar-refractivity contribution in [3.63, 3.8) is 0 Å². The van der Waals surface area contributed by atoms with Crippen molar-refractivity contribution in [2.45, 2.75) is 109 Å². The Kier molecular flexibility index (Phi) is 13.5. The summed E-state index contributed by atoms with van der Waals surface area (Å²) >= 11 is 0. The molecule has 0 fully saturated rings. The van der Waals surface area contributed by atoms with Gasteiger partial charge in [-0.25, -0.2) is 0 Å². The quantitative estimate of drug-likeness (QED) is 0.308. The second-order valence-corrected chi connectivity index (χ2v) is 14.1. The van der Waals surface area contributed by atoms with Gasteiger partial charge in [-0.1, -0.05) is 74.4 Å². The van der Waals surface area contributed by atoms with E-state index >= 15 is 0 Å². The molecule has 2 heterocycles. The molecular weight excluding hydrogens is 466 g/mol. The van der Waals surface area contributed by atoms with Gasteiger partial charge in [-0.05, 0) is 91.8 Å². The molecule has 3 aromatic rings. The second kappa shape index (κ2) is 15.2. The Balaban J connectivity index is 0.000000299. The Bertz CT molecular complexity index is 1010. The molecule has 3 heteroatoms. The van der Waals surface area contributed by atoms with E-state index in [-0.39, 0.29) is 0 Å². The van der Waals surface area contributed by atoms with Crippen LogP contribution in [0.15, 0.2) is 63.6 Å². The summed E-state index contributed by atoms with van der Waals surface area (Å²) in [5.74, 6) is 3.17. The smallest absolute Gasteiger partial charge is 0.104 e. The van der Waals surface area contributed by atoms with Crippen LogP contribution in [0.2, 0.25) is 0 Å². The van der Waals surface area contributed by atoms with Crippen LogP contribution in [0.25, 0.3) is 0 Å². The topological polar surface area (TPSA) is 29.5 Å². The van der Waals surface area contributed by atoms with Gasteiger partial charge < -0.3 is 13.7 Å². The van der Waals surface area contributed by atoms with E-state index < -0.39 is 0 Å². The zero-order valence-corrected chi connectivity index (χ0v) is 26.7. The molecule has 3 rings (SSSR count). The Morgan fingerprint density at radius 2 is 1.34 bits per heavy atom. The monoisotopic (exact) mass is 523 g/mol. The van der Waals surface area contributed by atoms with Gasteiger partial charge in [0.25, 0.3) is 0 Å². The molecule has 214 valence electrons. The molecule has 3 nitrogen and oxygen atoms in total. The molecule has 0 aliphatic carbocycles. The van der Waals surface area contributed by atoms with Crippen LogP contribution < -0.4 is 4.90 Å². The summed E-state index contributed by atoms with van der Waals surface area (Å²) in [5.41, 5.74) is 3.81. The van der Waals surface area contributed by atoms with E-state index in [1.54, 1.807) is 6.26 Å². The number of anilines is 1. The summed E-state index contributed by atoms with van der Waals surface area (Å²) in [5, 5.41) is 0. The molecule has 0 atom stereocenters. The molecule has 0 amide bonds. The van der Waals surface area contributed by atoms with Crippen molar-refractivity contribution in [1.29, 1.82) is 0 Å². The highest BCUT2D eigenvalue weighted by Crippen LogP contribution is 2.23. The van der Waals surface area contributed by atoms with Gasteiger partial charge in [0.2, 0.25) is 0 Å². The molecule has 0 bridgehead atoms. The van der Waals surface area contributed by atoms with Gasteiger partial charge >= 0.3 is 0 Å². The first kappa shape index (κ1) is 33.6. The summed E-state index contributed by atoms with van der Waals surface area (Å²) in [6.45, 7) is 28.8. The van der Waals surface area contributed by atoms with Crippen LogP contribution >= 0.6 is 0 Å². The Hall–Kier alpha value is -2.42. The zero-order valence-electron chi connectivity index (χ0n) is 26.7. The van der Waals surface area contributed by atoms with Crippen molar-refractivity contribution in [2.75, 3.05) is 18.0 Å². The lowest BCUT2D eigenvalue weighted by Crippen LogP contribution is -2.24. The molecule has 0 saturated heterocycles. The average molecular weight is 524 g/mol. The minimum absolute atomic E-state index is 0.324. The maximum absolute atomic E-state index is 5.46. The number of nitrogens with zero attached hydrogens (tertiary/aromatic N) is 1. The van der Waals surface area contributed by atoms with Gasteiger partial charge in [0.1, 0.15) is 17.3 Å². The summed E-state index contributed by atoms with van der Waals surface area (Å²) in [7, 11) is 0. The predicted octanol–water partition coefficient (Wildman–Crippen LogP) is 10.7. The third-order valence-corrected chi connectivity index (χ3v) is 5.89. The molecule has 0 saturated carbocycles. The highest BCUT2D eigenvalue weighted by molar-refractivity contribution is 5.48. The van der Waals surface area contributed by atoms with Crippen LogP contribution in [0.4, 0.5) is 5.69 Å². The molecule has 38 heavy (non-hydrogen) atoms. The van der Waals surface area contributed by atoms with E-state index in [9.17, 15) is 0 Å². The third kappa shape index (κ3) is 16.4. The number of rotatable bonds is 7. The molecule has 0 spiro atoms. The van der Waals surface area contributed by atoms with Gasteiger partial charge in [0, 0.05) is 31.6 Å². The van der Waals surface area contributed by atoms with Gasteiger partial charge in [0.05, 0.1) is 6.26 Å². The molecule has 0 radical (unpaired) electrons. The van der Waals surface area contributed by atoms with E-state index in [0.717, 1.165) is 43.2 Å². The minimum Gasteiger partial charge on any atom is -0.469 e. The predicted molar refractivity (Wildman–Crippen MR) is 166 cm³/mol. The normalized spacial score (nSPS) is 11.8. The molecule has 0 N–H and O–H groups in total. The standard InChI is InChI=1S/C16H27N.C10H16O.C9H14O/c1-6-17(12-8-11-16(3,4)5)15-10-7-9-14(2)13-15;1-8-5-6-9(11-8)7-10(2,3)4;1-9(2,3)7-8-5-4-6-10-8/h7,9-10,13H,6,8,11-12H2,1-5H3;5-6H,7H2,1-4H3;4-6H,7H2,1-3H3. The van der Waals surface area contributed by atoms with Crippen LogP contribution in [-0.2, 0) is 12.8 Å². The van der Waals surface area contributed by atoms with Crippen molar-refractivity contribution in [3.05, 3.63) is 77.6 Å². The maximum Gasteiger partial charge on any atom is 0.104 e. The molecule has 2 aromatic heterocycles. The second-order valence-electron chi connectivity index (χ2n) is 14.1. The molecule has 1 aromatic carbocycles. The lowest BCUT2D eigenvalue weighted by Gasteiger charge is -2.26. The summed E-state index contributed by atoms with van der Waals surface area (Å²) in [6.07, 6.45) is 6.31. The van der Waals surface area contributed by atoms with Crippen molar-refractivity contribution in [3.8, 4) is 0 Å². The van der Waals surface area contributed by atoms with Gasteiger partial charge in [0.15, 0.2) is 0 Å². The lowest BCUT2D eigenvalue weighted by molar-refractivity contribution is 0.357. The molecule has 0 aliphatic heterocycles. The Morgan fingerprint density at radius 1 is 0.711 bits per heavy atom. The van der Waals surface area contributed by atoms with E-state index in [2.05, 4.69) is 111 Å². The van der Waals surface area contributed by atoms with Crippen LogP contribution in [0, 0.1) is 30.1 Å². The molecule has 0 unspecified atom stereocenters. The van der Waals surface area contributed by atoms with E-state index in [1.807, 2.05) is 25.1 Å². The molecule has 0 aliphatic rings. The minimum atomic E-state index is 0.324. The zero-order chi connectivity index (χ0) is 29.0. The fourth-order valence-electron chi connectivity index (χ4n) is 4.13. The SMILES string of the molecule is CC(C)(C)Cc1ccco1.CCN(CCCC(C)(C)C)c1cccc(C)c1.Cc1ccc(CC(C)(C)C)o1. The number of aryl methyl sites for hydroxylation is 2. The fourth-order valence-corrected chi connectivity index (χ4v) is 4.13. The third-order valence-electron chi connectivity index (χ3n) is 5.89. The summed E-state index contributed by atoms with van der Waals surface area (Å²) in [4.78, 5) is 2.47. The largest absolute Gasteiger partial charge is 0.469 e. The highest BCUT2D eigenvalue weighted by Gasteiger charge is 2.14. The number of hydrogen-bond acceptors (Lipinski definition) is 3. The van der Waals surface area contributed by atoms with Crippen molar-refractivity contribution < 1.29 is 8.83 Å². The first-order valence-corrected chi connectivity index (χ1v) is 14.4. The van der Waals surface area contributed by atoms with Gasteiger partial charge in [-0.15, -0.1) is 0 Å². The van der Waals surface area contributed by atoms with E-state index in [1.165, 1.54) is 24.1 Å². The average Bonchev–Trinajstić information content (AvgIpc) is 3.40.